The third-order valence-electron chi connectivity index (χ3n) is 11.3. The number of hydrogen-bond donors (Lipinski definition) is 0. The molecule has 0 radical (unpaired) electrons. The molecule has 10 aromatic carbocycles. The summed E-state index contributed by atoms with van der Waals surface area (Å²) in [5, 5.41) is 9.61. The van der Waals surface area contributed by atoms with E-state index in [2.05, 4.69) is 212 Å². The maximum absolute atomic E-state index is 5.25. The van der Waals surface area contributed by atoms with Crippen LogP contribution in [0.1, 0.15) is 0 Å². The van der Waals surface area contributed by atoms with Gasteiger partial charge < -0.3 is 0 Å². The van der Waals surface area contributed by atoms with Crippen molar-refractivity contribution in [2.75, 3.05) is 0 Å². The number of fused-ring (bicyclic) bond motifs is 4. The molecule has 0 atom stereocenters. The van der Waals surface area contributed by atoms with E-state index >= 15 is 0 Å². The Hall–Kier alpha value is -7.75. The first-order chi connectivity index (χ1) is 28.7. The summed E-state index contributed by atoms with van der Waals surface area (Å²) in [5.41, 5.74) is 9.75. The third kappa shape index (κ3) is 6.07. The van der Waals surface area contributed by atoms with Gasteiger partial charge in [-0.05, 0) is 101 Å². The van der Waals surface area contributed by atoms with Gasteiger partial charge in [-0.25, -0.2) is 15.0 Å². The van der Waals surface area contributed by atoms with E-state index in [1.807, 2.05) is 0 Å². The molecule has 0 fully saturated rings. The number of aromatic nitrogens is 3. The lowest BCUT2D eigenvalue weighted by Gasteiger charge is -2.14. The minimum Gasteiger partial charge on any atom is -0.208 e. The van der Waals surface area contributed by atoms with Crippen LogP contribution in [0.2, 0.25) is 0 Å². The van der Waals surface area contributed by atoms with Crippen molar-refractivity contribution in [2.24, 2.45) is 0 Å². The fraction of sp³-hybridized carbons (Fsp3) is 0. The van der Waals surface area contributed by atoms with Crippen LogP contribution in [-0.4, -0.2) is 15.0 Å². The lowest BCUT2D eigenvalue weighted by Crippen LogP contribution is -2.01. The molecule has 270 valence electrons. The van der Waals surface area contributed by atoms with Gasteiger partial charge in [0.05, 0.1) is 0 Å². The van der Waals surface area contributed by atoms with Gasteiger partial charge in [0.25, 0.3) is 0 Å². The summed E-state index contributed by atoms with van der Waals surface area (Å²) in [7, 11) is 0. The highest BCUT2D eigenvalue weighted by Crippen LogP contribution is 2.38. The van der Waals surface area contributed by atoms with Crippen LogP contribution in [0, 0.1) is 0 Å². The monoisotopic (exact) mass is 737 g/mol. The van der Waals surface area contributed by atoms with Crippen LogP contribution in [0.4, 0.5) is 0 Å². The molecule has 11 aromatic rings. The molecule has 0 N–H and O–H groups in total. The van der Waals surface area contributed by atoms with Crippen molar-refractivity contribution in [3.63, 3.8) is 0 Å². The number of hydrogen-bond acceptors (Lipinski definition) is 3. The Kier molecular flexibility index (Phi) is 8.15. The normalized spacial score (nSPS) is 11.4. The Balaban J connectivity index is 1.03. The van der Waals surface area contributed by atoms with Crippen molar-refractivity contribution >= 4 is 43.1 Å². The predicted octanol–water partition coefficient (Wildman–Crippen LogP) is 14.5. The second-order valence-corrected chi connectivity index (χ2v) is 14.8. The topological polar surface area (TPSA) is 38.7 Å². The largest absolute Gasteiger partial charge is 0.208 e. The molecule has 0 aliphatic carbocycles. The van der Waals surface area contributed by atoms with Gasteiger partial charge in [0.2, 0.25) is 0 Å². The van der Waals surface area contributed by atoms with Gasteiger partial charge in [-0.3, -0.25) is 0 Å². The van der Waals surface area contributed by atoms with Gasteiger partial charge in [0, 0.05) is 16.7 Å². The molecule has 11 rings (SSSR count). The zero-order chi connectivity index (χ0) is 38.4. The van der Waals surface area contributed by atoms with Gasteiger partial charge >= 0.3 is 0 Å². The van der Waals surface area contributed by atoms with Gasteiger partial charge in [0.15, 0.2) is 17.5 Å². The molecule has 0 saturated heterocycles. The highest BCUT2D eigenvalue weighted by Gasteiger charge is 2.17. The molecule has 0 aliphatic heterocycles. The van der Waals surface area contributed by atoms with Gasteiger partial charge in [-0.2, -0.15) is 0 Å². The van der Waals surface area contributed by atoms with Crippen molar-refractivity contribution in [3.05, 3.63) is 212 Å². The summed E-state index contributed by atoms with van der Waals surface area (Å²) in [6.07, 6.45) is 0. The Morgan fingerprint density at radius 2 is 0.621 bits per heavy atom. The second-order valence-electron chi connectivity index (χ2n) is 14.8. The van der Waals surface area contributed by atoms with E-state index < -0.39 is 0 Å². The van der Waals surface area contributed by atoms with Crippen molar-refractivity contribution in [1.82, 2.24) is 15.0 Å². The Bertz CT molecular complexity index is 3350. The molecular formula is C55H35N3. The van der Waals surface area contributed by atoms with Crippen molar-refractivity contribution in [1.29, 1.82) is 0 Å². The predicted molar refractivity (Wildman–Crippen MR) is 242 cm³/mol. The van der Waals surface area contributed by atoms with E-state index in [4.69, 9.17) is 15.0 Å². The molecule has 0 unspecified atom stereocenters. The summed E-state index contributed by atoms with van der Waals surface area (Å²) in [4.78, 5) is 15.6. The lowest BCUT2D eigenvalue weighted by molar-refractivity contribution is 1.07. The van der Waals surface area contributed by atoms with E-state index in [1.54, 1.807) is 0 Å². The minimum atomic E-state index is 0.628. The first-order valence-corrected chi connectivity index (χ1v) is 19.7. The molecule has 1 aromatic heterocycles. The summed E-state index contributed by atoms with van der Waals surface area (Å²) >= 11 is 0. The van der Waals surface area contributed by atoms with Crippen molar-refractivity contribution < 1.29 is 0 Å². The molecule has 0 aliphatic rings. The first-order valence-electron chi connectivity index (χ1n) is 19.7. The third-order valence-corrected chi connectivity index (χ3v) is 11.3. The lowest BCUT2D eigenvalue weighted by atomic mass is 9.94. The number of benzene rings is 10. The molecule has 3 heteroatoms. The summed E-state index contributed by atoms with van der Waals surface area (Å²) in [5.74, 6) is 1.90. The summed E-state index contributed by atoms with van der Waals surface area (Å²) in [6, 6.07) is 75.4. The van der Waals surface area contributed by atoms with Crippen LogP contribution in [0.5, 0.6) is 0 Å². The molecule has 0 amide bonds. The second kappa shape index (κ2) is 14.1. The van der Waals surface area contributed by atoms with Gasteiger partial charge in [-0.1, -0.05) is 188 Å². The maximum Gasteiger partial charge on any atom is 0.164 e. The SMILES string of the molecule is c1cc(-c2ccc3cc(-c4cccc5ccccc45)ccc3c2)cc(-c2nc(-c3ccc4ccccc4c3)nc(-c3ccccc3-c3cccc4ccccc34)n2)c1. The van der Waals surface area contributed by atoms with E-state index in [0.717, 1.165) is 44.3 Å². The maximum atomic E-state index is 5.25. The van der Waals surface area contributed by atoms with Crippen LogP contribution in [0.3, 0.4) is 0 Å². The molecular weight excluding hydrogens is 703 g/mol. The Morgan fingerprint density at radius 1 is 0.207 bits per heavy atom. The minimum absolute atomic E-state index is 0.628. The first kappa shape index (κ1) is 33.6. The Labute approximate surface area is 336 Å². The highest BCUT2D eigenvalue weighted by atomic mass is 15.0. The van der Waals surface area contributed by atoms with Crippen LogP contribution >= 0.6 is 0 Å². The highest BCUT2D eigenvalue weighted by molar-refractivity contribution is 6.01. The molecule has 0 spiro atoms. The fourth-order valence-electron chi connectivity index (χ4n) is 8.36. The molecule has 0 bridgehead atoms. The molecule has 3 nitrogen and oxygen atoms in total. The number of rotatable bonds is 6. The van der Waals surface area contributed by atoms with Crippen LogP contribution in [-0.2, 0) is 0 Å². The van der Waals surface area contributed by atoms with Crippen molar-refractivity contribution in [3.8, 4) is 67.5 Å². The van der Waals surface area contributed by atoms with E-state index in [9.17, 15) is 0 Å². The van der Waals surface area contributed by atoms with E-state index in [1.165, 1.54) is 48.8 Å². The molecule has 58 heavy (non-hydrogen) atoms. The average molecular weight is 738 g/mol. The van der Waals surface area contributed by atoms with Crippen LogP contribution in [0.25, 0.3) is 111 Å². The summed E-state index contributed by atoms with van der Waals surface area (Å²) < 4.78 is 0. The zero-order valence-electron chi connectivity index (χ0n) is 31.5. The van der Waals surface area contributed by atoms with Crippen LogP contribution in [0.15, 0.2) is 212 Å². The smallest absolute Gasteiger partial charge is 0.164 e. The standard InChI is InChI=1S/C55H35N3/c1-2-15-39-34-46(31-26-36(39)12-1)54-56-53(57-55(58-54)52-23-8-7-22-51(52)50-25-11-17-38-14-4-6-21-48(38)50)45-19-9-18-40(35-45)41-27-28-43-33-44(30-29-42(43)32-41)49-24-10-16-37-13-3-5-20-47(37)49/h1-35H. The van der Waals surface area contributed by atoms with Crippen LogP contribution < -0.4 is 0 Å². The average Bonchev–Trinajstić information content (AvgIpc) is 3.30. The van der Waals surface area contributed by atoms with E-state index in [0.29, 0.717) is 17.5 Å². The van der Waals surface area contributed by atoms with Crippen molar-refractivity contribution in [2.45, 2.75) is 0 Å². The quantitative estimate of drug-likeness (QED) is 0.171. The molecule has 0 saturated carbocycles. The zero-order valence-corrected chi connectivity index (χ0v) is 31.5. The Morgan fingerprint density at radius 3 is 1.38 bits per heavy atom. The summed E-state index contributed by atoms with van der Waals surface area (Å²) in [6.45, 7) is 0. The van der Waals surface area contributed by atoms with Gasteiger partial charge in [0.1, 0.15) is 0 Å². The fourth-order valence-corrected chi connectivity index (χ4v) is 8.36. The van der Waals surface area contributed by atoms with E-state index in [-0.39, 0.29) is 0 Å². The van der Waals surface area contributed by atoms with Gasteiger partial charge in [-0.15, -0.1) is 0 Å². The molecule has 1 heterocycles. The number of nitrogens with zero attached hydrogens (tertiary/aromatic N) is 3.